The van der Waals surface area contributed by atoms with Crippen molar-refractivity contribution >= 4 is 5.69 Å². The first-order chi connectivity index (χ1) is 8.13. The molecule has 2 aromatic rings. The van der Waals surface area contributed by atoms with Crippen molar-refractivity contribution in [2.24, 2.45) is 0 Å². The predicted molar refractivity (Wildman–Crippen MR) is 62.8 cm³/mol. The van der Waals surface area contributed by atoms with E-state index in [0.29, 0.717) is 16.9 Å². The number of nitrogens with two attached hydrogens (primary N) is 1. The molecule has 2 N–H and O–H groups in total. The highest BCUT2D eigenvalue weighted by Crippen LogP contribution is 2.35. The number of hydrogen-bond donors (Lipinski definition) is 1. The van der Waals surface area contributed by atoms with Crippen LogP contribution in [0.2, 0.25) is 0 Å². The monoisotopic (exact) mass is 235 g/mol. The number of halogens is 2. The Kier molecular flexibility index (Phi) is 2.95. The zero-order chi connectivity index (χ0) is 12.4. The lowest BCUT2D eigenvalue weighted by Crippen LogP contribution is -1.96. The third-order valence-electron chi connectivity index (χ3n) is 2.50. The molecule has 0 saturated heterocycles. The van der Waals surface area contributed by atoms with Crippen LogP contribution in [0, 0.1) is 11.6 Å². The van der Waals surface area contributed by atoms with E-state index < -0.39 is 11.6 Å². The van der Waals surface area contributed by atoms with Crippen molar-refractivity contribution in [2.75, 3.05) is 12.8 Å². The summed E-state index contributed by atoms with van der Waals surface area (Å²) in [5, 5.41) is 0. The second-order valence-corrected chi connectivity index (χ2v) is 3.55. The molecule has 2 nitrogen and oxygen atoms in total. The van der Waals surface area contributed by atoms with E-state index in [2.05, 4.69) is 0 Å². The van der Waals surface area contributed by atoms with E-state index in [1.807, 2.05) is 0 Å². The van der Waals surface area contributed by atoms with Crippen molar-refractivity contribution in [3.63, 3.8) is 0 Å². The van der Waals surface area contributed by atoms with E-state index in [9.17, 15) is 8.78 Å². The Bertz CT molecular complexity index is 555. The van der Waals surface area contributed by atoms with Crippen LogP contribution < -0.4 is 10.5 Å². The number of rotatable bonds is 2. The predicted octanol–water partition coefficient (Wildman–Crippen LogP) is 3.22. The van der Waals surface area contributed by atoms with Crippen LogP contribution in [0.1, 0.15) is 0 Å². The van der Waals surface area contributed by atoms with Gasteiger partial charge in [-0.1, -0.05) is 12.1 Å². The SMILES string of the molecule is COc1ccc(F)cc1-c1cccc(F)c1N. The fraction of sp³-hybridized carbons (Fsp3) is 0.0769. The molecule has 0 aliphatic carbocycles. The van der Waals surface area contributed by atoms with Gasteiger partial charge in [0.1, 0.15) is 17.4 Å². The molecule has 0 aliphatic heterocycles. The average molecular weight is 235 g/mol. The average Bonchev–Trinajstić information content (AvgIpc) is 2.33. The number of anilines is 1. The summed E-state index contributed by atoms with van der Waals surface area (Å²) >= 11 is 0. The van der Waals surface area contributed by atoms with Gasteiger partial charge in [-0.2, -0.15) is 0 Å². The largest absolute Gasteiger partial charge is 0.496 e. The van der Waals surface area contributed by atoms with E-state index in [-0.39, 0.29) is 5.69 Å². The number of para-hydroxylation sites is 1. The number of nitrogen functional groups attached to an aromatic ring is 1. The second-order valence-electron chi connectivity index (χ2n) is 3.55. The normalized spacial score (nSPS) is 10.3. The topological polar surface area (TPSA) is 35.2 Å². The lowest BCUT2D eigenvalue weighted by molar-refractivity contribution is 0.415. The van der Waals surface area contributed by atoms with E-state index in [1.165, 1.54) is 37.4 Å². The Balaban J connectivity index is 2.67. The Morgan fingerprint density at radius 3 is 2.53 bits per heavy atom. The molecule has 0 bridgehead atoms. The smallest absolute Gasteiger partial charge is 0.146 e. The van der Waals surface area contributed by atoms with Crippen LogP contribution in [-0.4, -0.2) is 7.11 Å². The molecular weight excluding hydrogens is 224 g/mol. The van der Waals surface area contributed by atoms with Gasteiger partial charge in [0, 0.05) is 11.1 Å². The summed E-state index contributed by atoms with van der Waals surface area (Å²) in [5.41, 5.74) is 6.47. The van der Waals surface area contributed by atoms with Crippen molar-refractivity contribution in [1.29, 1.82) is 0 Å². The Labute approximate surface area is 97.6 Å². The van der Waals surface area contributed by atoms with Crippen molar-refractivity contribution in [2.45, 2.75) is 0 Å². The summed E-state index contributed by atoms with van der Waals surface area (Å²) in [7, 11) is 1.46. The van der Waals surface area contributed by atoms with Crippen molar-refractivity contribution in [1.82, 2.24) is 0 Å². The van der Waals surface area contributed by atoms with Gasteiger partial charge >= 0.3 is 0 Å². The molecular formula is C13H11F2NO. The molecule has 0 fully saturated rings. The molecule has 0 unspecified atom stereocenters. The highest BCUT2D eigenvalue weighted by molar-refractivity contribution is 5.80. The van der Waals surface area contributed by atoms with E-state index in [1.54, 1.807) is 6.07 Å². The first-order valence-corrected chi connectivity index (χ1v) is 5.01. The van der Waals surface area contributed by atoms with Gasteiger partial charge in [-0.3, -0.25) is 0 Å². The van der Waals surface area contributed by atoms with Crippen LogP contribution in [0.5, 0.6) is 5.75 Å². The summed E-state index contributed by atoms with van der Waals surface area (Å²) in [6.45, 7) is 0. The Hall–Kier alpha value is -2.10. The molecule has 0 spiro atoms. The summed E-state index contributed by atoms with van der Waals surface area (Å²) < 4.78 is 31.7. The first kappa shape index (κ1) is 11.4. The summed E-state index contributed by atoms with van der Waals surface area (Å²) in [4.78, 5) is 0. The van der Waals surface area contributed by atoms with Gasteiger partial charge in [-0.05, 0) is 24.3 Å². The Morgan fingerprint density at radius 2 is 1.82 bits per heavy atom. The number of hydrogen-bond acceptors (Lipinski definition) is 2. The molecule has 0 aliphatic rings. The molecule has 2 rings (SSSR count). The molecule has 17 heavy (non-hydrogen) atoms. The van der Waals surface area contributed by atoms with E-state index in [4.69, 9.17) is 10.5 Å². The van der Waals surface area contributed by atoms with Crippen LogP contribution >= 0.6 is 0 Å². The second kappa shape index (κ2) is 4.41. The molecule has 88 valence electrons. The molecule has 2 aromatic carbocycles. The van der Waals surface area contributed by atoms with Crippen LogP contribution in [0.4, 0.5) is 14.5 Å². The minimum absolute atomic E-state index is 0.0172. The van der Waals surface area contributed by atoms with Gasteiger partial charge in [-0.25, -0.2) is 8.78 Å². The molecule has 4 heteroatoms. The molecule has 0 amide bonds. The van der Waals surface area contributed by atoms with Crippen LogP contribution in [0.15, 0.2) is 36.4 Å². The van der Waals surface area contributed by atoms with Crippen molar-refractivity contribution in [3.8, 4) is 16.9 Å². The van der Waals surface area contributed by atoms with Gasteiger partial charge in [0.25, 0.3) is 0 Å². The lowest BCUT2D eigenvalue weighted by atomic mass is 10.0. The molecule has 0 saturated carbocycles. The highest BCUT2D eigenvalue weighted by Gasteiger charge is 2.12. The van der Waals surface area contributed by atoms with Gasteiger partial charge in [-0.15, -0.1) is 0 Å². The zero-order valence-corrected chi connectivity index (χ0v) is 9.21. The quantitative estimate of drug-likeness (QED) is 0.811. The van der Waals surface area contributed by atoms with Gasteiger partial charge in [0.15, 0.2) is 0 Å². The maximum Gasteiger partial charge on any atom is 0.146 e. The third kappa shape index (κ3) is 2.06. The fourth-order valence-corrected chi connectivity index (χ4v) is 1.66. The minimum Gasteiger partial charge on any atom is -0.496 e. The molecule has 0 heterocycles. The highest BCUT2D eigenvalue weighted by atomic mass is 19.1. The number of methoxy groups -OCH3 is 1. The van der Waals surface area contributed by atoms with E-state index >= 15 is 0 Å². The zero-order valence-electron chi connectivity index (χ0n) is 9.21. The fourth-order valence-electron chi connectivity index (χ4n) is 1.66. The van der Waals surface area contributed by atoms with Crippen LogP contribution in [0.25, 0.3) is 11.1 Å². The maximum absolute atomic E-state index is 13.3. The summed E-state index contributed by atoms with van der Waals surface area (Å²) in [6.07, 6.45) is 0. The van der Waals surface area contributed by atoms with E-state index in [0.717, 1.165) is 0 Å². The summed E-state index contributed by atoms with van der Waals surface area (Å²) in [6, 6.07) is 8.42. The van der Waals surface area contributed by atoms with Gasteiger partial charge in [0.2, 0.25) is 0 Å². The lowest BCUT2D eigenvalue weighted by Gasteiger charge is -2.11. The Morgan fingerprint density at radius 1 is 1.06 bits per heavy atom. The van der Waals surface area contributed by atoms with Gasteiger partial charge < -0.3 is 10.5 Å². The number of benzene rings is 2. The van der Waals surface area contributed by atoms with Crippen LogP contribution in [-0.2, 0) is 0 Å². The molecule has 0 aromatic heterocycles. The van der Waals surface area contributed by atoms with Crippen molar-refractivity contribution in [3.05, 3.63) is 48.0 Å². The standard InChI is InChI=1S/C13H11F2NO/c1-17-12-6-5-8(14)7-10(12)9-3-2-4-11(15)13(9)16/h2-7H,16H2,1H3. The number of ether oxygens (including phenoxy) is 1. The maximum atomic E-state index is 13.3. The third-order valence-corrected chi connectivity index (χ3v) is 2.50. The summed E-state index contributed by atoms with van der Waals surface area (Å²) in [5.74, 6) is -0.512. The molecule has 0 radical (unpaired) electrons. The molecule has 0 atom stereocenters. The van der Waals surface area contributed by atoms with Gasteiger partial charge in [0.05, 0.1) is 12.8 Å². The minimum atomic E-state index is -0.534. The van der Waals surface area contributed by atoms with Crippen LogP contribution in [0.3, 0.4) is 0 Å². The van der Waals surface area contributed by atoms with Crippen molar-refractivity contribution < 1.29 is 13.5 Å². The first-order valence-electron chi connectivity index (χ1n) is 5.01.